The van der Waals surface area contributed by atoms with E-state index in [9.17, 15) is 4.79 Å². The lowest BCUT2D eigenvalue weighted by Gasteiger charge is -2.48. The van der Waals surface area contributed by atoms with Crippen molar-refractivity contribution < 1.29 is 9.53 Å². The number of benzene rings is 1. The molecule has 0 unspecified atom stereocenters. The van der Waals surface area contributed by atoms with Gasteiger partial charge in [0.05, 0.1) is 19.3 Å². The van der Waals surface area contributed by atoms with Crippen molar-refractivity contribution in [3.63, 3.8) is 0 Å². The fraction of sp³-hybridized carbons (Fsp3) is 0.632. The summed E-state index contributed by atoms with van der Waals surface area (Å²) in [6.07, 6.45) is 2.68. The summed E-state index contributed by atoms with van der Waals surface area (Å²) in [6, 6.07) is 7.10. The molecule has 0 spiro atoms. The van der Waals surface area contributed by atoms with Crippen molar-refractivity contribution in [3.05, 3.63) is 29.3 Å². The summed E-state index contributed by atoms with van der Waals surface area (Å²) >= 11 is 0. The van der Waals surface area contributed by atoms with Gasteiger partial charge in [0.1, 0.15) is 0 Å². The van der Waals surface area contributed by atoms with Gasteiger partial charge in [-0.25, -0.2) is 4.79 Å². The molecule has 1 aromatic rings. The Morgan fingerprint density at radius 2 is 1.88 bits per heavy atom. The number of carbonyl (C=O) groups is 1. The van der Waals surface area contributed by atoms with Gasteiger partial charge in [0, 0.05) is 31.4 Å². The highest BCUT2D eigenvalue weighted by Crippen LogP contribution is 2.38. The van der Waals surface area contributed by atoms with Gasteiger partial charge in [0.15, 0.2) is 0 Å². The van der Waals surface area contributed by atoms with E-state index in [4.69, 9.17) is 4.74 Å². The van der Waals surface area contributed by atoms with E-state index in [1.807, 2.05) is 17.0 Å². The second-order valence-corrected chi connectivity index (χ2v) is 7.59. The third kappa shape index (κ3) is 3.28. The Balaban J connectivity index is 1.39. The van der Waals surface area contributed by atoms with E-state index in [1.165, 1.54) is 24.0 Å². The average Bonchev–Trinajstić information content (AvgIpc) is 3.37. The zero-order valence-electron chi connectivity index (χ0n) is 14.6. The van der Waals surface area contributed by atoms with Crippen LogP contribution in [0.25, 0.3) is 0 Å². The van der Waals surface area contributed by atoms with Crippen LogP contribution in [0.4, 0.5) is 10.5 Å². The number of nitrogens with zero attached hydrogens (tertiary/aromatic N) is 2. The van der Waals surface area contributed by atoms with Crippen LogP contribution in [0.1, 0.15) is 24.0 Å². The minimum absolute atomic E-state index is 0.00759. The predicted molar refractivity (Wildman–Crippen MR) is 94.3 cm³/mol. The highest BCUT2D eigenvalue weighted by atomic mass is 16.5. The summed E-state index contributed by atoms with van der Waals surface area (Å²) in [5.41, 5.74) is 3.22. The van der Waals surface area contributed by atoms with Crippen LogP contribution in [0.5, 0.6) is 0 Å². The van der Waals surface area contributed by atoms with E-state index in [2.05, 4.69) is 30.1 Å². The van der Waals surface area contributed by atoms with E-state index >= 15 is 0 Å². The third-order valence-electron chi connectivity index (χ3n) is 5.48. The number of amides is 2. The van der Waals surface area contributed by atoms with Crippen LogP contribution in [0.15, 0.2) is 18.2 Å². The normalized spacial score (nSPS) is 27.7. The summed E-state index contributed by atoms with van der Waals surface area (Å²) in [4.78, 5) is 17.2. The summed E-state index contributed by atoms with van der Waals surface area (Å²) in [7, 11) is 0. The molecule has 5 nitrogen and oxygen atoms in total. The second kappa shape index (κ2) is 6.37. The molecular formula is C19H27N3O2. The molecule has 1 saturated carbocycles. The Morgan fingerprint density at radius 3 is 2.58 bits per heavy atom. The van der Waals surface area contributed by atoms with Crippen molar-refractivity contribution in [2.75, 3.05) is 38.2 Å². The molecule has 1 aliphatic carbocycles. The maximum atomic E-state index is 12.6. The number of hydrogen-bond donors (Lipinski definition) is 1. The van der Waals surface area contributed by atoms with Gasteiger partial charge >= 0.3 is 6.03 Å². The van der Waals surface area contributed by atoms with Gasteiger partial charge in [-0.3, -0.25) is 4.90 Å². The van der Waals surface area contributed by atoms with Crippen molar-refractivity contribution in [1.82, 2.24) is 9.80 Å². The molecule has 5 heteroatoms. The Labute approximate surface area is 144 Å². The van der Waals surface area contributed by atoms with E-state index in [-0.39, 0.29) is 6.03 Å². The van der Waals surface area contributed by atoms with Crippen molar-refractivity contribution >= 4 is 11.7 Å². The first-order valence-electron chi connectivity index (χ1n) is 9.08. The molecule has 3 aliphatic rings. The Kier molecular flexibility index (Phi) is 4.22. The highest BCUT2D eigenvalue weighted by Gasteiger charge is 2.43. The minimum atomic E-state index is 0.00759. The molecular weight excluding hydrogens is 302 g/mol. The van der Waals surface area contributed by atoms with Crippen molar-refractivity contribution in [1.29, 1.82) is 0 Å². The Hall–Kier alpha value is -1.59. The van der Waals surface area contributed by atoms with Crippen molar-refractivity contribution in [2.24, 2.45) is 5.92 Å². The molecule has 2 heterocycles. The zero-order valence-corrected chi connectivity index (χ0v) is 14.6. The van der Waals surface area contributed by atoms with Crippen LogP contribution >= 0.6 is 0 Å². The summed E-state index contributed by atoms with van der Waals surface area (Å²) < 4.78 is 5.83. The molecule has 2 aliphatic heterocycles. The quantitative estimate of drug-likeness (QED) is 0.907. The monoisotopic (exact) mass is 329 g/mol. The SMILES string of the molecule is Cc1cc(C)cc(NC(=O)N2CCN3[C@@H](COC[C@@H]3C3CC3)C2)c1. The maximum Gasteiger partial charge on any atom is 0.321 e. The van der Waals surface area contributed by atoms with Gasteiger partial charge < -0.3 is 15.0 Å². The number of carbonyl (C=O) groups excluding carboxylic acids is 1. The van der Waals surface area contributed by atoms with Gasteiger partial charge in [0.2, 0.25) is 0 Å². The number of ether oxygens (including phenoxy) is 1. The number of anilines is 1. The van der Waals surface area contributed by atoms with Crippen LogP contribution in [-0.2, 0) is 4.74 Å². The van der Waals surface area contributed by atoms with Crippen LogP contribution in [-0.4, -0.2) is 60.8 Å². The van der Waals surface area contributed by atoms with E-state index in [0.717, 1.165) is 44.5 Å². The molecule has 4 rings (SSSR count). The summed E-state index contributed by atoms with van der Waals surface area (Å²) in [5, 5.41) is 3.06. The largest absolute Gasteiger partial charge is 0.378 e. The molecule has 3 fully saturated rings. The number of morpholine rings is 1. The maximum absolute atomic E-state index is 12.6. The lowest BCUT2D eigenvalue weighted by atomic mass is 10.0. The standard InChI is InChI=1S/C19H27N3O2/c1-13-7-14(2)9-16(8-13)20-19(23)21-5-6-22-17(10-21)11-24-12-18(22)15-3-4-15/h7-9,15,17-18H,3-6,10-12H2,1-2H3,(H,20,23)/t17-,18-/m1/s1. The first kappa shape index (κ1) is 15.9. The number of nitrogens with one attached hydrogen (secondary N) is 1. The fourth-order valence-electron chi connectivity index (χ4n) is 4.20. The first-order chi connectivity index (χ1) is 11.6. The number of fused-ring (bicyclic) bond motifs is 1. The van der Waals surface area contributed by atoms with Crippen molar-refractivity contribution in [2.45, 2.75) is 38.8 Å². The molecule has 1 aromatic carbocycles. The average molecular weight is 329 g/mol. The molecule has 2 atom stereocenters. The van der Waals surface area contributed by atoms with Gasteiger partial charge in [-0.05, 0) is 55.9 Å². The first-order valence-corrected chi connectivity index (χ1v) is 9.08. The summed E-state index contributed by atoms with van der Waals surface area (Å²) in [6.45, 7) is 8.26. The van der Waals surface area contributed by atoms with Crippen LogP contribution in [0.2, 0.25) is 0 Å². The van der Waals surface area contributed by atoms with E-state index < -0.39 is 0 Å². The molecule has 0 radical (unpaired) electrons. The van der Waals surface area contributed by atoms with Crippen LogP contribution in [0, 0.1) is 19.8 Å². The smallest absolute Gasteiger partial charge is 0.321 e. The lowest BCUT2D eigenvalue weighted by Crippen LogP contribution is -2.63. The van der Waals surface area contributed by atoms with Gasteiger partial charge in [-0.15, -0.1) is 0 Å². The van der Waals surface area contributed by atoms with Gasteiger partial charge in [-0.2, -0.15) is 0 Å². The van der Waals surface area contributed by atoms with E-state index in [0.29, 0.717) is 12.1 Å². The Bertz CT molecular complexity index is 609. The molecule has 0 aromatic heterocycles. The molecule has 2 amide bonds. The minimum Gasteiger partial charge on any atom is -0.378 e. The molecule has 130 valence electrons. The zero-order chi connectivity index (χ0) is 16.7. The third-order valence-corrected chi connectivity index (χ3v) is 5.48. The van der Waals surface area contributed by atoms with Gasteiger partial charge in [-0.1, -0.05) is 6.07 Å². The number of hydrogen-bond acceptors (Lipinski definition) is 3. The lowest BCUT2D eigenvalue weighted by molar-refractivity contribution is -0.0796. The van der Waals surface area contributed by atoms with Crippen LogP contribution < -0.4 is 5.32 Å². The second-order valence-electron chi connectivity index (χ2n) is 7.59. The van der Waals surface area contributed by atoms with Crippen LogP contribution in [0.3, 0.4) is 0 Å². The number of urea groups is 1. The van der Waals surface area contributed by atoms with Gasteiger partial charge in [0.25, 0.3) is 0 Å². The fourth-order valence-corrected chi connectivity index (χ4v) is 4.20. The van der Waals surface area contributed by atoms with E-state index in [1.54, 1.807) is 0 Å². The number of aryl methyl sites for hydroxylation is 2. The summed E-state index contributed by atoms with van der Waals surface area (Å²) in [5.74, 6) is 0.823. The molecule has 0 bridgehead atoms. The number of piperazine rings is 1. The molecule has 2 saturated heterocycles. The Morgan fingerprint density at radius 1 is 1.12 bits per heavy atom. The molecule has 24 heavy (non-hydrogen) atoms. The molecule has 1 N–H and O–H groups in total. The number of rotatable bonds is 2. The topological polar surface area (TPSA) is 44.8 Å². The van der Waals surface area contributed by atoms with Crippen molar-refractivity contribution in [3.8, 4) is 0 Å². The predicted octanol–water partition coefficient (Wildman–Crippen LogP) is 2.63. The highest BCUT2D eigenvalue weighted by molar-refractivity contribution is 5.89.